The molecule has 104 valence electrons. The van der Waals surface area contributed by atoms with Gasteiger partial charge in [0.2, 0.25) is 0 Å². The van der Waals surface area contributed by atoms with Gasteiger partial charge in [0.15, 0.2) is 0 Å². The van der Waals surface area contributed by atoms with Crippen molar-refractivity contribution in [3.8, 4) is 0 Å². The Hall–Kier alpha value is -1.95. The summed E-state index contributed by atoms with van der Waals surface area (Å²) in [5, 5.41) is 16.7. The molecule has 19 heavy (non-hydrogen) atoms. The lowest BCUT2D eigenvalue weighted by Crippen LogP contribution is -2.38. The molecule has 0 aliphatic carbocycles. The van der Waals surface area contributed by atoms with Crippen molar-refractivity contribution >= 4 is 11.6 Å². The second-order valence-corrected chi connectivity index (χ2v) is 4.43. The molecular weight excluding hydrogens is 246 g/mol. The Morgan fingerprint density at radius 3 is 2.74 bits per heavy atom. The number of nitro groups is 1. The van der Waals surface area contributed by atoms with Crippen LogP contribution >= 0.6 is 0 Å². The molecule has 1 amide bonds. The Morgan fingerprint density at radius 1 is 1.47 bits per heavy atom. The normalized spacial score (nSPS) is 11.9. The number of benzene rings is 1. The van der Waals surface area contributed by atoms with Crippen molar-refractivity contribution in [1.82, 2.24) is 10.6 Å². The maximum absolute atomic E-state index is 11.9. The Bertz CT molecular complexity index is 474. The van der Waals surface area contributed by atoms with Crippen LogP contribution in [0.4, 0.5) is 5.69 Å². The number of carbonyl (C=O) groups is 1. The fourth-order valence-corrected chi connectivity index (χ4v) is 1.72. The predicted octanol–water partition coefficient (Wildman–Crippen LogP) is 1.63. The highest BCUT2D eigenvalue weighted by molar-refractivity contribution is 5.95. The topological polar surface area (TPSA) is 84.3 Å². The molecule has 0 fully saturated rings. The number of carbonyl (C=O) groups excluding carboxylic acids is 1. The number of nitro benzene ring substituents is 1. The van der Waals surface area contributed by atoms with E-state index < -0.39 is 4.92 Å². The summed E-state index contributed by atoms with van der Waals surface area (Å²) < 4.78 is 0. The lowest BCUT2D eigenvalue weighted by atomic mass is 10.1. The third kappa shape index (κ3) is 4.33. The Balaban J connectivity index is 2.72. The van der Waals surface area contributed by atoms with E-state index in [9.17, 15) is 14.9 Å². The zero-order valence-electron chi connectivity index (χ0n) is 11.4. The quantitative estimate of drug-likeness (QED) is 0.605. The maximum atomic E-state index is 11.9. The molecular formula is C13H19N3O3. The molecule has 0 aliphatic rings. The first-order chi connectivity index (χ1) is 8.95. The minimum Gasteiger partial charge on any atom is -0.350 e. The molecule has 0 radical (unpaired) electrons. The first-order valence-electron chi connectivity index (χ1n) is 6.22. The zero-order valence-corrected chi connectivity index (χ0v) is 11.4. The molecule has 0 saturated heterocycles. The van der Waals surface area contributed by atoms with Gasteiger partial charge in [-0.2, -0.15) is 0 Å². The van der Waals surface area contributed by atoms with E-state index in [2.05, 4.69) is 10.6 Å². The summed E-state index contributed by atoms with van der Waals surface area (Å²) in [7, 11) is 0. The molecule has 1 aromatic carbocycles. The van der Waals surface area contributed by atoms with Gasteiger partial charge in [-0.3, -0.25) is 14.9 Å². The van der Waals surface area contributed by atoms with Crippen molar-refractivity contribution in [2.45, 2.75) is 26.8 Å². The summed E-state index contributed by atoms with van der Waals surface area (Å²) in [5.41, 5.74) is 0.816. The molecule has 0 saturated carbocycles. The molecule has 0 bridgehead atoms. The van der Waals surface area contributed by atoms with E-state index in [1.807, 2.05) is 13.8 Å². The smallest absolute Gasteiger partial charge is 0.273 e. The van der Waals surface area contributed by atoms with Crippen LogP contribution in [-0.2, 0) is 0 Å². The van der Waals surface area contributed by atoms with Gasteiger partial charge in [-0.25, -0.2) is 0 Å². The number of amides is 1. The van der Waals surface area contributed by atoms with Crippen molar-refractivity contribution in [3.63, 3.8) is 0 Å². The summed E-state index contributed by atoms with van der Waals surface area (Å²) in [4.78, 5) is 22.2. The van der Waals surface area contributed by atoms with E-state index >= 15 is 0 Å². The number of hydrogen-bond donors (Lipinski definition) is 2. The first kappa shape index (κ1) is 15.1. The van der Waals surface area contributed by atoms with Crippen LogP contribution in [0.5, 0.6) is 0 Å². The van der Waals surface area contributed by atoms with Crippen LogP contribution in [0, 0.1) is 17.0 Å². The molecule has 0 aliphatic heterocycles. The van der Waals surface area contributed by atoms with Gasteiger partial charge >= 0.3 is 0 Å². The van der Waals surface area contributed by atoms with Crippen LogP contribution in [0.25, 0.3) is 0 Å². The van der Waals surface area contributed by atoms with Crippen molar-refractivity contribution in [2.24, 2.45) is 0 Å². The molecule has 0 heterocycles. The van der Waals surface area contributed by atoms with E-state index in [0.717, 1.165) is 6.54 Å². The molecule has 0 spiro atoms. The third-order valence-electron chi connectivity index (χ3n) is 2.79. The summed E-state index contributed by atoms with van der Waals surface area (Å²) in [6, 6.07) is 4.65. The first-order valence-corrected chi connectivity index (χ1v) is 6.22. The average molecular weight is 265 g/mol. The highest BCUT2D eigenvalue weighted by atomic mass is 16.6. The number of likely N-dealkylation sites (N-methyl/N-ethyl adjacent to an activating group) is 1. The van der Waals surface area contributed by atoms with Gasteiger partial charge in [-0.15, -0.1) is 0 Å². The largest absolute Gasteiger partial charge is 0.350 e. The van der Waals surface area contributed by atoms with E-state index in [4.69, 9.17) is 0 Å². The molecule has 1 atom stereocenters. The van der Waals surface area contributed by atoms with Crippen LogP contribution in [0.2, 0.25) is 0 Å². The van der Waals surface area contributed by atoms with Gasteiger partial charge in [0.25, 0.3) is 11.6 Å². The lowest BCUT2D eigenvalue weighted by molar-refractivity contribution is -0.385. The van der Waals surface area contributed by atoms with Crippen molar-refractivity contribution in [3.05, 3.63) is 39.4 Å². The highest BCUT2D eigenvalue weighted by Gasteiger charge is 2.15. The minimum atomic E-state index is -0.479. The van der Waals surface area contributed by atoms with Crippen LogP contribution < -0.4 is 10.6 Å². The molecule has 2 N–H and O–H groups in total. The van der Waals surface area contributed by atoms with Crippen molar-refractivity contribution in [2.75, 3.05) is 13.1 Å². The molecule has 1 rings (SSSR count). The molecule has 6 heteroatoms. The summed E-state index contributed by atoms with van der Waals surface area (Å²) in [6.45, 7) is 6.90. The standard InChI is InChI=1S/C13H19N3O3/c1-4-14-10(3)8-15-13(17)11-6-5-9(2)12(7-11)16(18)19/h5-7,10,14H,4,8H2,1-3H3,(H,15,17)/t10-/m1/s1. The van der Waals surface area contributed by atoms with E-state index in [0.29, 0.717) is 17.7 Å². The van der Waals surface area contributed by atoms with Gasteiger partial charge in [0.05, 0.1) is 4.92 Å². The lowest BCUT2D eigenvalue weighted by Gasteiger charge is -2.13. The van der Waals surface area contributed by atoms with E-state index in [1.54, 1.807) is 19.1 Å². The highest BCUT2D eigenvalue weighted by Crippen LogP contribution is 2.19. The van der Waals surface area contributed by atoms with Crippen LogP contribution in [0.1, 0.15) is 29.8 Å². The Morgan fingerprint density at radius 2 is 2.16 bits per heavy atom. The molecule has 6 nitrogen and oxygen atoms in total. The number of nitrogens with one attached hydrogen (secondary N) is 2. The summed E-state index contributed by atoms with van der Waals surface area (Å²) in [6.07, 6.45) is 0. The van der Waals surface area contributed by atoms with Gasteiger partial charge < -0.3 is 10.6 Å². The van der Waals surface area contributed by atoms with Crippen LogP contribution in [0.3, 0.4) is 0 Å². The summed E-state index contributed by atoms with van der Waals surface area (Å²) >= 11 is 0. The number of aryl methyl sites for hydroxylation is 1. The molecule has 0 unspecified atom stereocenters. The SMILES string of the molecule is CCN[C@H](C)CNC(=O)c1ccc(C)c([N+](=O)[O-])c1. The van der Waals surface area contributed by atoms with Gasteiger partial charge in [-0.1, -0.05) is 13.0 Å². The number of nitrogens with zero attached hydrogens (tertiary/aromatic N) is 1. The fourth-order valence-electron chi connectivity index (χ4n) is 1.72. The van der Waals surface area contributed by atoms with Crippen LogP contribution in [0.15, 0.2) is 18.2 Å². The maximum Gasteiger partial charge on any atom is 0.273 e. The van der Waals surface area contributed by atoms with Gasteiger partial charge in [-0.05, 0) is 26.5 Å². The van der Waals surface area contributed by atoms with Crippen molar-refractivity contribution < 1.29 is 9.72 Å². The Kier molecular flexibility index (Phi) is 5.44. The van der Waals surface area contributed by atoms with Gasteiger partial charge in [0.1, 0.15) is 0 Å². The predicted molar refractivity (Wildman–Crippen MR) is 73.3 cm³/mol. The molecule has 0 aromatic heterocycles. The second kappa shape index (κ2) is 6.84. The molecule has 1 aromatic rings. The van der Waals surface area contributed by atoms with Gasteiger partial charge in [0, 0.05) is 29.8 Å². The fraction of sp³-hybridized carbons (Fsp3) is 0.462. The van der Waals surface area contributed by atoms with Crippen molar-refractivity contribution in [1.29, 1.82) is 0 Å². The average Bonchev–Trinajstić information content (AvgIpc) is 2.36. The second-order valence-electron chi connectivity index (χ2n) is 4.43. The Labute approximate surface area is 112 Å². The monoisotopic (exact) mass is 265 g/mol. The van der Waals surface area contributed by atoms with E-state index in [-0.39, 0.29) is 17.6 Å². The third-order valence-corrected chi connectivity index (χ3v) is 2.79. The zero-order chi connectivity index (χ0) is 14.4. The number of hydrogen-bond acceptors (Lipinski definition) is 4. The summed E-state index contributed by atoms with van der Waals surface area (Å²) in [5.74, 6) is -0.298. The van der Waals surface area contributed by atoms with Crippen LogP contribution in [-0.4, -0.2) is 30.0 Å². The minimum absolute atomic E-state index is 0.0348. The number of rotatable bonds is 6. The van der Waals surface area contributed by atoms with E-state index in [1.165, 1.54) is 6.07 Å².